The van der Waals surface area contributed by atoms with Gasteiger partial charge in [-0.15, -0.1) is 11.6 Å². The summed E-state index contributed by atoms with van der Waals surface area (Å²) < 4.78 is 29.0. The molecule has 4 aromatic rings. The van der Waals surface area contributed by atoms with E-state index in [0.29, 0.717) is 34.7 Å². The first kappa shape index (κ1) is 47.2. The lowest BCUT2D eigenvalue weighted by molar-refractivity contribution is 0.0452. The van der Waals surface area contributed by atoms with Gasteiger partial charge in [0.25, 0.3) is 11.1 Å². The number of benzene rings is 2. The molecule has 53 heavy (non-hydrogen) atoms. The number of para-hydroxylation sites is 2. The van der Waals surface area contributed by atoms with Crippen LogP contribution in [-0.4, -0.2) is 47.3 Å². The van der Waals surface area contributed by atoms with Crippen molar-refractivity contribution in [2.75, 3.05) is 17.4 Å². The van der Waals surface area contributed by atoms with Gasteiger partial charge in [-0.3, -0.25) is 9.59 Å². The number of aliphatic hydroxyl groups is 2. The van der Waals surface area contributed by atoms with Crippen LogP contribution < -0.4 is 11.1 Å². The van der Waals surface area contributed by atoms with E-state index in [1.807, 2.05) is 37.3 Å². The molecule has 0 bridgehead atoms. The average Bonchev–Trinajstić information content (AvgIpc) is 3.52. The monoisotopic (exact) mass is 780 g/mol. The molecule has 5 N–H and O–H groups in total. The Morgan fingerprint density at radius 3 is 1.58 bits per heavy atom. The Morgan fingerprint density at radius 2 is 1.19 bits per heavy atom. The number of unbranched alkanes of at least 4 members (excludes halogenated alkanes) is 4. The standard InChI is InChI=1S/C19H26FN3O2.C13H21NO.C6H6ClFN2O.CH3Cl/c1-5-6-9-12-19(3,25)14-10-7-8-11-15(14)21-18(24)16-13(2)22-23(4)17(16)20;1-3-4-7-10-13(2,15)11-8-5-6-9-12(11)14;1-3-4(5(7)11)6(8)10(2)9-3;1-2/h7-8,10-11,25H,5-6,9,12H2,1-4H3,(H,21,24);5-6,8-9,15H,3-4,7,10,14H2,1-2H3;1-2H3;1H3. The number of hydrogen-bond acceptors (Lipinski definition) is 7. The Labute approximate surface area is 322 Å². The third-order valence-electron chi connectivity index (χ3n) is 8.56. The van der Waals surface area contributed by atoms with Gasteiger partial charge in [0, 0.05) is 43.0 Å². The summed E-state index contributed by atoms with van der Waals surface area (Å²) in [5.74, 6) is -1.94. The molecule has 2 heterocycles. The maximum Gasteiger partial charge on any atom is 0.262 e. The van der Waals surface area contributed by atoms with Crippen molar-refractivity contribution < 1.29 is 28.6 Å². The number of rotatable bonds is 13. The first-order valence-corrected chi connectivity index (χ1v) is 18.7. The third kappa shape index (κ3) is 13.8. The number of anilines is 2. The zero-order valence-electron chi connectivity index (χ0n) is 32.4. The van der Waals surface area contributed by atoms with Crippen LogP contribution in [0.1, 0.15) is 122 Å². The number of nitrogens with two attached hydrogens (primary N) is 1. The zero-order chi connectivity index (χ0) is 40.5. The Balaban J connectivity index is 0.000000425. The molecule has 0 radical (unpaired) electrons. The molecular formula is C39H56Cl2F2N6O4. The topological polar surface area (TPSA) is 148 Å². The lowest BCUT2D eigenvalue weighted by Crippen LogP contribution is -2.24. The zero-order valence-corrected chi connectivity index (χ0v) is 33.9. The van der Waals surface area contributed by atoms with Crippen molar-refractivity contribution in [1.29, 1.82) is 0 Å². The van der Waals surface area contributed by atoms with Crippen molar-refractivity contribution in [3.05, 3.63) is 94.1 Å². The first-order valence-electron chi connectivity index (χ1n) is 17.6. The highest BCUT2D eigenvalue weighted by Gasteiger charge is 2.28. The number of alkyl halides is 1. The van der Waals surface area contributed by atoms with Gasteiger partial charge < -0.3 is 21.3 Å². The SMILES string of the molecule is CCCCCC(C)(O)c1ccccc1N.CCCCCC(C)(O)c1ccccc1NC(=O)c1c(C)nn(C)c1F.CCl.Cc1nn(C)c(F)c1C(=O)Cl. The number of carbonyl (C=O) groups is 2. The average molecular weight is 782 g/mol. The van der Waals surface area contributed by atoms with E-state index in [-0.39, 0.29) is 11.1 Å². The van der Waals surface area contributed by atoms with Crippen LogP contribution in [0.2, 0.25) is 0 Å². The Hall–Kier alpha value is -3.84. The highest BCUT2D eigenvalue weighted by Crippen LogP contribution is 2.33. The Kier molecular flexibility index (Phi) is 19.9. The predicted molar refractivity (Wildman–Crippen MR) is 210 cm³/mol. The van der Waals surface area contributed by atoms with Crippen molar-refractivity contribution in [2.45, 2.75) is 104 Å². The fourth-order valence-electron chi connectivity index (χ4n) is 5.68. The van der Waals surface area contributed by atoms with E-state index in [9.17, 15) is 28.6 Å². The van der Waals surface area contributed by atoms with Gasteiger partial charge in [-0.25, -0.2) is 9.36 Å². The van der Waals surface area contributed by atoms with Gasteiger partial charge in [0.1, 0.15) is 11.1 Å². The Bertz CT molecular complexity index is 1760. The number of halogens is 4. The minimum absolute atomic E-state index is 0.0806. The van der Waals surface area contributed by atoms with Crippen LogP contribution in [0.25, 0.3) is 0 Å². The molecule has 0 aliphatic heterocycles. The summed E-state index contributed by atoms with van der Waals surface area (Å²) in [7, 11) is 2.86. The molecule has 4 rings (SSSR count). The van der Waals surface area contributed by atoms with E-state index in [0.717, 1.165) is 53.5 Å². The molecule has 0 saturated heterocycles. The van der Waals surface area contributed by atoms with Crippen molar-refractivity contribution >= 4 is 45.7 Å². The molecule has 10 nitrogen and oxygen atoms in total. The molecule has 2 aromatic heterocycles. The van der Waals surface area contributed by atoms with E-state index in [2.05, 4.69) is 41.0 Å². The summed E-state index contributed by atoms with van der Waals surface area (Å²) >= 11 is 9.73. The summed E-state index contributed by atoms with van der Waals surface area (Å²) in [6, 6.07) is 14.6. The van der Waals surface area contributed by atoms with Gasteiger partial charge in [0.2, 0.25) is 11.9 Å². The largest absolute Gasteiger partial charge is 0.398 e. The minimum atomic E-state index is -1.07. The number of nitrogens with one attached hydrogen (secondary N) is 1. The smallest absolute Gasteiger partial charge is 0.262 e. The van der Waals surface area contributed by atoms with E-state index in [4.69, 9.17) is 17.3 Å². The van der Waals surface area contributed by atoms with Crippen LogP contribution in [0.4, 0.5) is 20.2 Å². The highest BCUT2D eigenvalue weighted by atomic mass is 35.5. The number of hydrogen-bond donors (Lipinski definition) is 4. The van der Waals surface area contributed by atoms with Crippen LogP contribution >= 0.6 is 23.2 Å². The Morgan fingerprint density at radius 1 is 0.774 bits per heavy atom. The van der Waals surface area contributed by atoms with E-state index < -0.39 is 34.2 Å². The number of nitrogen functional groups attached to an aromatic ring is 1. The third-order valence-corrected chi connectivity index (χ3v) is 8.75. The van der Waals surface area contributed by atoms with E-state index in [1.54, 1.807) is 32.0 Å². The highest BCUT2D eigenvalue weighted by molar-refractivity contribution is 6.67. The van der Waals surface area contributed by atoms with E-state index in [1.165, 1.54) is 33.8 Å². The minimum Gasteiger partial charge on any atom is -0.398 e. The van der Waals surface area contributed by atoms with Crippen LogP contribution in [0, 0.1) is 25.7 Å². The molecule has 294 valence electrons. The maximum absolute atomic E-state index is 14.1. The van der Waals surface area contributed by atoms with Gasteiger partial charge in [0.05, 0.1) is 22.6 Å². The lowest BCUT2D eigenvalue weighted by Gasteiger charge is -2.26. The fraction of sp³-hybridized carbons (Fsp3) is 0.487. The molecule has 1 amide bonds. The van der Waals surface area contributed by atoms with Crippen molar-refractivity contribution in [3.8, 4) is 0 Å². The normalized spacial score (nSPS) is 12.8. The molecular weight excluding hydrogens is 725 g/mol. The molecule has 2 aromatic carbocycles. The molecule has 0 aliphatic carbocycles. The predicted octanol–water partition coefficient (Wildman–Crippen LogP) is 9.07. The number of amides is 1. The number of aromatic nitrogens is 4. The van der Waals surface area contributed by atoms with Crippen LogP contribution in [0.3, 0.4) is 0 Å². The van der Waals surface area contributed by atoms with Gasteiger partial charge in [0.15, 0.2) is 0 Å². The fourth-order valence-corrected chi connectivity index (χ4v) is 5.90. The molecule has 0 fully saturated rings. The molecule has 0 aliphatic rings. The second-order valence-electron chi connectivity index (χ2n) is 13.1. The molecule has 2 atom stereocenters. The second kappa shape index (κ2) is 22.4. The lowest BCUT2D eigenvalue weighted by atomic mass is 9.89. The summed E-state index contributed by atoms with van der Waals surface area (Å²) in [4.78, 5) is 23.1. The van der Waals surface area contributed by atoms with Crippen LogP contribution in [0.5, 0.6) is 0 Å². The number of carbonyl (C=O) groups excluding carboxylic acids is 2. The van der Waals surface area contributed by atoms with Crippen molar-refractivity contribution in [3.63, 3.8) is 0 Å². The van der Waals surface area contributed by atoms with Crippen LogP contribution in [0.15, 0.2) is 48.5 Å². The van der Waals surface area contributed by atoms with Gasteiger partial charge in [-0.2, -0.15) is 19.0 Å². The molecule has 0 saturated carbocycles. The summed E-state index contributed by atoms with van der Waals surface area (Å²) in [6.45, 7) is 11.0. The molecule has 2 unspecified atom stereocenters. The first-order chi connectivity index (χ1) is 24.9. The summed E-state index contributed by atoms with van der Waals surface area (Å²) in [5.41, 5.74) is 7.04. The van der Waals surface area contributed by atoms with Gasteiger partial charge >= 0.3 is 0 Å². The molecule has 14 heteroatoms. The van der Waals surface area contributed by atoms with Gasteiger partial charge in [-0.1, -0.05) is 88.8 Å². The van der Waals surface area contributed by atoms with Crippen molar-refractivity contribution in [2.24, 2.45) is 14.1 Å². The number of nitrogens with zero attached hydrogens (tertiary/aromatic N) is 4. The molecule has 0 spiro atoms. The van der Waals surface area contributed by atoms with Crippen LogP contribution in [-0.2, 0) is 25.3 Å². The summed E-state index contributed by atoms with van der Waals surface area (Å²) in [5, 5.41) is 30.7. The van der Waals surface area contributed by atoms with E-state index >= 15 is 0 Å². The van der Waals surface area contributed by atoms with Crippen molar-refractivity contribution in [1.82, 2.24) is 19.6 Å². The quantitative estimate of drug-likeness (QED) is 0.0458. The summed E-state index contributed by atoms with van der Waals surface area (Å²) in [6.07, 6.45) is 9.19. The maximum atomic E-state index is 14.1. The number of aryl methyl sites for hydroxylation is 4. The second-order valence-corrected chi connectivity index (χ2v) is 13.4. The van der Waals surface area contributed by atoms with Gasteiger partial charge in [-0.05, 0) is 64.3 Å².